The van der Waals surface area contributed by atoms with Crippen molar-refractivity contribution in [3.05, 3.63) is 47.6 Å². The van der Waals surface area contributed by atoms with Crippen LogP contribution < -0.4 is 5.32 Å². The van der Waals surface area contributed by atoms with E-state index in [9.17, 15) is 5.11 Å². The number of fused-ring (bicyclic) bond motifs is 1. The first-order chi connectivity index (χ1) is 13.8. The second-order valence-corrected chi connectivity index (χ2v) is 7.85. The summed E-state index contributed by atoms with van der Waals surface area (Å²) >= 11 is 12.4. The maximum absolute atomic E-state index is 10.5. The molecule has 2 aromatic heterocycles. The van der Waals surface area contributed by atoms with Crippen LogP contribution in [0.3, 0.4) is 0 Å². The topological polar surface area (TPSA) is 70.9 Å². The molecule has 29 heavy (non-hydrogen) atoms. The molecule has 3 aromatic rings. The van der Waals surface area contributed by atoms with Gasteiger partial charge in [-0.05, 0) is 38.0 Å². The van der Waals surface area contributed by atoms with Gasteiger partial charge in [0, 0.05) is 29.5 Å². The molecule has 3 rings (SSSR count). The molecule has 0 radical (unpaired) electrons. The zero-order valence-electron chi connectivity index (χ0n) is 17.5. The van der Waals surface area contributed by atoms with Crippen LogP contribution in [0.25, 0.3) is 22.0 Å². The van der Waals surface area contributed by atoms with E-state index in [-0.39, 0.29) is 5.50 Å². The van der Waals surface area contributed by atoms with Crippen molar-refractivity contribution in [1.29, 1.82) is 0 Å². The van der Waals surface area contributed by atoms with E-state index in [0.717, 1.165) is 34.1 Å². The quantitative estimate of drug-likeness (QED) is 0.347. The molecule has 7 heteroatoms. The Morgan fingerprint density at radius 2 is 1.76 bits per heavy atom. The SMILES string of the molecule is CC.CCCC(C)(O)c1ncc(-c2ccc3ncc(Cl)c(NC(C)Cl)c3c2)cn1. The predicted octanol–water partition coefficient (Wildman–Crippen LogP) is 6.38. The van der Waals surface area contributed by atoms with Crippen LogP contribution in [-0.2, 0) is 5.60 Å². The number of halogens is 2. The lowest BCUT2D eigenvalue weighted by molar-refractivity contribution is 0.0376. The van der Waals surface area contributed by atoms with Gasteiger partial charge in [-0.25, -0.2) is 9.97 Å². The zero-order valence-corrected chi connectivity index (χ0v) is 19.0. The number of hydrogen-bond acceptors (Lipinski definition) is 5. The van der Waals surface area contributed by atoms with Gasteiger partial charge in [-0.3, -0.25) is 4.98 Å². The molecule has 0 saturated carbocycles. The number of hydrogen-bond donors (Lipinski definition) is 2. The van der Waals surface area contributed by atoms with Crippen molar-refractivity contribution in [2.24, 2.45) is 0 Å². The van der Waals surface area contributed by atoms with Gasteiger partial charge in [0.05, 0.1) is 21.7 Å². The van der Waals surface area contributed by atoms with Crippen LogP contribution in [0.4, 0.5) is 5.69 Å². The molecule has 5 nitrogen and oxygen atoms in total. The lowest BCUT2D eigenvalue weighted by atomic mass is 9.99. The normalized spacial score (nSPS) is 13.9. The summed E-state index contributed by atoms with van der Waals surface area (Å²) in [7, 11) is 0. The fourth-order valence-electron chi connectivity index (χ4n) is 3.05. The van der Waals surface area contributed by atoms with Gasteiger partial charge < -0.3 is 10.4 Å². The molecule has 2 N–H and O–H groups in total. The Morgan fingerprint density at radius 1 is 1.10 bits per heavy atom. The first kappa shape index (κ1) is 23.3. The molecule has 2 atom stereocenters. The third-order valence-corrected chi connectivity index (χ3v) is 4.76. The second kappa shape index (κ2) is 10.2. The number of pyridine rings is 1. The van der Waals surface area contributed by atoms with Crippen molar-refractivity contribution in [3.63, 3.8) is 0 Å². The molecule has 0 spiro atoms. The highest BCUT2D eigenvalue weighted by atomic mass is 35.5. The molecule has 0 aliphatic heterocycles. The summed E-state index contributed by atoms with van der Waals surface area (Å²) in [5.41, 5.74) is 2.03. The molecule has 2 unspecified atom stereocenters. The van der Waals surface area contributed by atoms with E-state index in [1.807, 2.05) is 45.9 Å². The monoisotopic (exact) mass is 434 g/mol. The van der Waals surface area contributed by atoms with Gasteiger partial charge in [0.2, 0.25) is 0 Å². The smallest absolute Gasteiger partial charge is 0.159 e. The fraction of sp³-hybridized carbons (Fsp3) is 0.409. The Balaban J connectivity index is 0.00000145. The number of nitrogens with zero attached hydrogens (tertiary/aromatic N) is 3. The summed E-state index contributed by atoms with van der Waals surface area (Å²) < 4.78 is 0. The highest BCUT2D eigenvalue weighted by Gasteiger charge is 2.25. The molecule has 0 aliphatic rings. The Morgan fingerprint density at radius 3 is 2.34 bits per heavy atom. The molecule has 0 amide bonds. The van der Waals surface area contributed by atoms with Crippen molar-refractivity contribution in [2.45, 2.75) is 58.6 Å². The van der Waals surface area contributed by atoms with Gasteiger partial charge in [-0.15, -0.1) is 0 Å². The van der Waals surface area contributed by atoms with Crippen molar-refractivity contribution in [3.8, 4) is 11.1 Å². The average Bonchev–Trinajstić information content (AvgIpc) is 2.71. The lowest BCUT2D eigenvalue weighted by Gasteiger charge is -2.20. The number of rotatable bonds is 6. The van der Waals surface area contributed by atoms with Crippen LogP contribution in [0.15, 0.2) is 36.8 Å². The second-order valence-electron chi connectivity index (χ2n) is 6.79. The molecule has 156 valence electrons. The standard InChI is InChI=1S/C20H22Cl2N4O.C2H6/c1-4-7-20(3,27)19-24-9-14(10-25-19)13-5-6-17-15(8-13)18(26-12(2)21)16(22)11-23-17;1-2/h5-6,8-12,27H,4,7H2,1-3H3,(H,23,26);1-2H3. The van der Waals surface area contributed by atoms with Crippen molar-refractivity contribution in [2.75, 3.05) is 5.32 Å². The van der Waals surface area contributed by atoms with Crippen molar-refractivity contribution in [1.82, 2.24) is 15.0 Å². The maximum Gasteiger partial charge on any atom is 0.159 e. The molecule has 1 aromatic carbocycles. The van der Waals surface area contributed by atoms with Crippen LogP contribution in [0.1, 0.15) is 53.3 Å². The van der Waals surface area contributed by atoms with Gasteiger partial charge in [-0.2, -0.15) is 0 Å². The minimum atomic E-state index is -1.03. The van der Waals surface area contributed by atoms with Gasteiger partial charge in [-0.1, -0.05) is 56.5 Å². The van der Waals surface area contributed by atoms with Crippen LogP contribution in [0, 0.1) is 0 Å². The molecular weight excluding hydrogens is 407 g/mol. The lowest BCUT2D eigenvalue weighted by Crippen LogP contribution is -2.23. The van der Waals surface area contributed by atoms with Crippen molar-refractivity contribution < 1.29 is 5.11 Å². The summed E-state index contributed by atoms with van der Waals surface area (Å²) in [6.07, 6.45) is 6.52. The van der Waals surface area contributed by atoms with E-state index < -0.39 is 5.60 Å². The van der Waals surface area contributed by atoms with Gasteiger partial charge in [0.15, 0.2) is 5.82 Å². The van der Waals surface area contributed by atoms with Gasteiger partial charge >= 0.3 is 0 Å². The van der Waals surface area contributed by atoms with E-state index in [0.29, 0.717) is 17.3 Å². The molecule has 0 aliphatic carbocycles. The summed E-state index contributed by atoms with van der Waals surface area (Å²) in [5.74, 6) is 0.428. The number of aromatic nitrogens is 3. The third kappa shape index (κ3) is 5.56. The van der Waals surface area contributed by atoms with E-state index >= 15 is 0 Å². The van der Waals surface area contributed by atoms with E-state index in [1.165, 1.54) is 0 Å². The number of alkyl halides is 1. The third-order valence-electron chi connectivity index (χ3n) is 4.37. The van der Waals surface area contributed by atoms with E-state index in [2.05, 4.69) is 20.3 Å². The summed E-state index contributed by atoms with van der Waals surface area (Å²) in [5, 5.41) is 15.0. The van der Waals surface area contributed by atoms with Crippen LogP contribution in [0.2, 0.25) is 5.02 Å². The zero-order chi connectivity index (χ0) is 21.6. The molecule has 0 fully saturated rings. The minimum absolute atomic E-state index is 0.278. The Labute approximate surface area is 182 Å². The van der Waals surface area contributed by atoms with Gasteiger partial charge in [0.25, 0.3) is 0 Å². The molecule has 0 bridgehead atoms. The van der Waals surface area contributed by atoms with Gasteiger partial charge in [0.1, 0.15) is 5.60 Å². The molecule has 0 saturated heterocycles. The minimum Gasteiger partial charge on any atom is -0.382 e. The van der Waals surface area contributed by atoms with Crippen LogP contribution in [-0.4, -0.2) is 25.6 Å². The van der Waals surface area contributed by atoms with E-state index in [4.69, 9.17) is 23.2 Å². The highest BCUT2D eigenvalue weighted by Crippen LogP contribution is 2.33. The Bertz CT molecular complexity index is 943. The molecular formula is C22H28Cl2N4O. The number of nitrogens with one attached hydrogen (secondary N) is 1. The largest absolute Gasteiger partial charge is 0.382 e. The number of aliphatic hydroxyl groups is 1. The average molecular weight is 435 g/mol. The summed E-state index contributed by atoms with van der Waals surface area (Å²) in [4.78, 5) is 13.1. The molecule has 2 heterocycles. The van der Waals surface area contributed by atoms with Crippen molar-refractivity contribution >= 4 is 39.8 Å². The summed E-state index contributed by atoms with van der Waals surface area (Å²) in [6.45, 7) is 9.59. The van der Waals surface area contributed by atoms with Crippen LogP contribution in [0.5, 0.6) is 0 Å². The predicted molar refractivity (Wildman–Crippen MR) is 123 cm³/mol. The van der Waals surface area contributed by atoms with E-state index in [1.54, 1.807) is 25.5 Å². The fourth-order valence-corrected chi connectivity index (χ4v) is 3.36. The maximum atomic E-state index is 10.5. The first-order valence-corrected chi connectivity index (χ1v) is 10.7. The summed E-state index contributed by atoms with van der Waals surface area (Å²) in [6, 6.07) is 5.87. The highest BCUT2D eigenvalue weighted by molar-refractivity contribution is 6.35. The number of benzene rings is 1. The Kier molecular flexibility index (Phi) is 8.20. The van der Waals surface area contributed by atoms with Crippen LogP contribution >= 0.6 is 23.2 Å². The number of anilines is 1. The Hall–Kier alpha value is -1.95. The first-order valence-electron chi connectivity index (χ1n) is 9.86.